The first-order valence-corrected chi connectivity index (χ1v) is 13.3. The molecule has 0 radical (unpaired) electrons. The van der Waals surface area contributed by atoms with E-state index < -0.39 is 0 Å². The second-order valence-electron chi connectivity index (χ2n) is 9.66. The Morgan fingerprint density at radius 3 is 2.82 bits per heavy atom. The van der Waals surface area contributed by atoms with Gasteiger partial charge in [-0.25, -0.2) is 4.98 Å². The largest absolute Gasteiger partial charge is 0.396 e. The maximum absolute atomic E-state index is 13.1. The van der Waals surface area contributed by atoms with E-state index in [4.69, 9.17) is 4.98 Å². The number of imidazole rings is 1. The van der Waals surface area contributed by atoms with Crippen LogP contribution in [-0.2, 0) is 6.42 Å². The first kappa shape index (κ1) is 24.0. The number of nitrogens with zero attached hydrogens (tertiary/aromatic N) is 2. The minimum absolute atomic E-state index is 0.0294. The second kappa shape index (κ2) is 10.8. The molecule has 1 aliphatic rings. The van der Waals surface area contributed by atoms with E-state index in [1.165, 1.54) is 30.6 Å². The summed E-state index contributed by atoms with van der Waals surface area (Å²) < 4.78 is 2.47. The van der Waals surface area contributed by atoms with Crippen LogP contribution in [0.3, 0.4) is 0 Å². The van der Waals surface area contributed by atoms with Crippen LogP contribution >= 0.6 is 11.3 Å². The van der Waals surface area contributed by atoms with Gasteiger partial charge in [-0.3, -0.25) is 4.79 Å². The monoisotopic (exact) mass is 467 g/mol. The summed E-state index contributed by atoms with van der Waals surface area (Å²) in [5.74, 6) is 1.95. The van der Waals surface area contributed by atoms with Crippen LogP contribution in [0.5, 0.6) is 0 Å². The van der Waals surface area contributed by atoms with Crippen molar-refractivity contribution < 1.29 is 9.90 Å². The van der Waals surface area contributed by atoms with Crippen molar-refractivity contribution in [1.29, 1.82) is 0 Å². The van der Waals surface area contributed by atoms with Crippen molar-refractivity contribution in [2.75, 3.05) is 6.61 Å². The van der Waals surface area contributed by atoms with Crippen LogP contribution in [0.1, 0.15) is 86.4 Å². The highest BCUT2D eigenvalue weighted by Crippen LogP contribution is 2.37. The number of aliphatic hydroxyl groups is 1. The molecule has 0 spiro atoms. The van der Waals surface area contributed by atoms with E-state index in [2.05, 4.69) is 54.2 Å². The van der Waals surface area contributed by atoms with Crippen molar-refractivity contribution in [3.8, 4) is 0 Å². The molecule has 1 saturated carbocycles. The fourth-order valence-corrected chi connectivity index (χ4v) is 5.91. The van der Waals surface area contributed by atoms with Gasteiger partial charge in [0.05, 0.1) is 11.0 Å². The molecule has 2 N–H and O–H groups in total. The molecule has 3 aromatic rings. The SMILES string of the molecule is CC[C@H](C)[C@@H](CCO)NC(=O)c1ccc2c(c1)nc(Cc1cccs1)n2C1CCCC[C@H]1C. The quantitative estimate of drug-likeness (QED) is 0.408. The van der Waals surface area contributed by atoms with E-state index in [9.17, 15) is 9.90 Å². The number of nitrogens with one attached hydrogen (secondary N) is 1. The standard InChI is InChI=1S/C27H37N3O2S/c1-4-18(2)22(13-14-31)29-27(32)20-11-12-25-23(16-20)28-26(17-21-9-7-15-33-21)30(25)24-10-6-5-8-19(24)3/h7,9,11-12,15-16,18-19,22,24,31H,4-6,8,10,13-14,17H2,1-3H3,(H,29,32)/t18-,19+,22+,24?/m0/s1. The maximum Gasteiger partial charge on any atom is 0.251 e. The van der Waals surface area contributed by atoms with E-state index >= 15 is 0 Å². The third-order valence-electron chi connectivity index (χ3n) is 7.42. The highest BCUT2D eigenvalue weighted by atomic mass is 32.1. The molecule has 4 atom stereocenters. The van der Waals surface area contributed by atoms with Crippen LogP contribution in [0.4, 0.5) is 0 Å². The normalized spacial score (nSPS) is 20.6. The predicted octanol–water partition coefficient (Wildman–Crippen LogP) is 5.97. The molecule has 1 unspecified atom stereocenters. The lowest BCUT2D eigenvalue weighted by molar-refractivity contribution is 0.0913. The van der Waals surface area contributed by atoms with Gasteiger partial charge in [0.15, 0.2) is 0 Å². The lowest BCUT2D eigenvalue weighted by atomic mass is 9.85. The van der Waals surface area contributed by atoms with E-state index in [1.807, 2.05) is 12.1 Å². The van der Waals surface area contributed by atoms with E-state index in [0.29, 0.717) is 29.9 Å². The summed E-state index contributed by atoms with van der Waals surface area (Å²) in [6.07, 6.45) is 7.36. The highest BCUT2D eigenvalue weighted by molar-refractivity contribution is 7.09. The first-order valence-electron chi connectivity index (χ1n) is 12.5. The number of benzene rings is 1. The van der Waals surface area contributed by atoms with Crippen LogP contribution in [0.25, 0.3) is 11.0 Å². The van der Waals surface area contributed by atoms with Crippen molar-refractivity contribution in [3.05, 3.63) is 52.0 Å². The average molecular weight is 468 g/mol. The molecule has 1 aliphatic carbocycles. The topological polar surface area (TPSA) is 67.2 Å². The Kier molecular flexibility index (Phi) is 7.86. The van der Waals surface area contributed by atoms with E-state index in [-0.39, 0.29) is 18.6 Å². The zero-order chi connectivity index (χ0) is 23.4. The number of hydrogen-bond donors (Lipinski definition) is 2. The summed E-state index contributed by atoms with van der Waals surface area (Å²) in [6.45, 7) is 6.67. The predicted molar refractivity (Wildman–Crippen MR) is 136 cm³/mol. The molecule has 5 nitrogen and oxygen atoms in total. The van der Waals surface area contributed by atoms with Gasteiger partial charge in [-0.1, -0.05) is 46.1 Å². The summed E-state index contributed by atoms with van der Waals surface area (Å²) in [4.78, 5) is 19.4. The first-order chi connectivity index (χ1) is 16.0. The Bertz CT molecular complexity index is 1060. The lowest BCUT2D eigenvalue weighted by Gasteiger charge is -2.31. The molecular formula is C27H37N3O2S. The Labute approximate surface area is 201 Å². The maximum atomic E-state index is 13.1. The van der Waals surface area contributed by atoms with Gasteiger partial charge in [0.25, 0.3) is 5.91 Å². The zero-order valence-corrected chi connectivity index (χ0v) is 20.9. The number of amides is 1. The number of hydrogen-bond acceptors (Lipinski definition) is 4. The Morgan fingerprint density at radius 1 is 1.30 bits per heavy atom. The van der Waals surface area contributed by atoms with Crippen molar-refractivity contribution in [1.82, 2.24) is 14.9 Å². The molecule has 6 heteroatoms. The molecule has 0 aliphatic heterocycles. The number of thiophene rings is 1. The van der Waals surface area contributed by atoms with Crippen LogP contribution in [-0.4, -0.2) is 33.2 Å². The number of rotatable bonds is 9. The van der Waals surface area contributed by atoms with Gasteiger partial charge >= 0.3 is 0 Å². The molecule has 2 aromatic heterocycles. The van der Waals surface area contributed by atoms with Crippen molar-refractivity contribution in [2.24, 2.45) is 11.8 Å². The summed E-state index contributed by atoms with van der Waals surface area (Å²) in [5, 5.41) is 14.7. The highest BCUT2D eigenvalue weighted by Gasteiger charge is 2.27. The van der Waals surface area contributed by atoms with Gasteiger partial charge in [0.1, 0.15) is 5.82 Å². The van der Waals surface area contributed by atoms with Crippen LogP contribution in [0.15, 0.2) is 35.7 Å². The van der Waals surface area contributed by atoms with Gasteiger partial charge in [-0.2, -0.15) is 0 Å². The molecule has 33 heavy (non-hydrogen) atoms. The Balaban J connectivity index is 1.67. The molecule has 1 amide bonds. The van der Waals surface area contributed by atoms with Crippen molar-refractivity contribution in [2.45, 2.75) is 77.8 Å². The molecular weight excluding hydrogens is 430 g/mol. The van der Waals surface area contributed by atoms with Crippen LogP contribution in [0, 0.1) is 11.8 Å². The van der Waals surface area contributed by atoms with Gasteiger partial charge in [-0.05, 0) is 60.7 Å². The molecule has 0 bridgehead atoms. The van der Waals surface area contributed by atoms with Gasteiger partial charge in [0, 0.05) is 35.6 Å². The summed E-state index contributed by atoms with van der Waals surface area (Å²) in [7, 11) is 0. The minimum atomic E-state index is -0.0870. The number of aromatic nitrogens is 2. The number of carbonyl (C=O) groups excluding carboxylic acids is 1. The Hall–Kier alpha value is -2.18. The zero-order valence-electron chi connectivity index (χ0n) is 20.1. The summed E-state index contributed by atoms with van der Waals surface area (Å²) in [5.41, 5.74) is 2.66. The molecule has 2 heterocycles. The smallest absolute Gasteiger partial charge is 0.251 e. The molecule has 1 aromatic carbocycles. The van der Waals surface area contributed by atoms with Crippen molar-refractivity contribution >= 4 is 28.3 Å². The number of carbonyl (C=O) groups is 1. The van der Waals surface area contributed by atoms with Gasteiger partial charge in [-0.15, -0.1) is 11.3 Å². The van der Waals surface area contributed by atoms with E-state index in [1.54, 1.807) is 11.3 Å². The summed E-state index contributed by atoms with van der Waals surface area (Å²) in [6, 6.07) is 10.7. The van der Waals surface area contributed by atoms with Crippen molar-refractivity contribution in [3.63, 3.8) is 0 Å². The van der Waals surface area contributed by atoms with E-state index in [0.717, 1.165) is 29.7 Å². The Morgan fingerprint density at radius 2 is 2.12 bits per heavy atom. The molecule has 0 saturated heterocycles. The average Bonchev–Trinajstić information content (AvgIpc) is 3.45. The van der Waals surface area contributed by atoms with Crippen LogP contribution in [0.2, 0.25) is 0 Å². The molecule has 1 fully saturated rings. The van der Waals surface area contributed by atoms with Gasteiger partial charge < -0.3 is 15.0 Å². The number of fused-ring (bicyclic) bond motifs is 1. The third kappa shape index (κ3) is 5.33. The number of aliphatic hydroxyl groups excluding tert-OH is 1. The molecule has 4 rings (SSSR count). The minimum Gasteiger partial charge on any atom is -0.396 e. The van der Waals surface area contributed by atoms with Gasteiger partial charge in [0.2, 0.25) is 0 Å². The summed E-state index contributed by atoms with van der Waals surface area (Å²) >= 11 is 1.77. The fourth-order valence-electron chi connectivity index (χ4n) is 5.21. The second-order valence-corrected chi connectivity index (χ2v) is 10.7. The van der Waals surface area contributed by atoms with Crippen LogP contribution < -0.4 is 5.32 Å². The lowest BCUT2D eigenvalue weighted by Crippen LogP contribution is -2.39. The third-order valence-corrected chi connectivity index (χ3v) is 8.30. The fraction of sp³-hybridized carbons (Fsp3) is 0.556. The molecule has 178 valence electrons.